The van der Waals surface area contributed by atoms with Gasteiger partial charge in [0, 0.05) is 44.6 Å². The Morgan fingerprint density at radius 3 is 2.33 bits per heavy atom. The van der Waals surface area contributed by atoms with Crippen LogP contribution in [-0.2, 0) is 6.54 Å². The van der Waals surface area contributed by atoms with Gasteiger partial charge in [0.25, 0.3) is 0 Å². The predicted octanol–water partition coefficient (Wildman–Crippen LogP) is 2.01. The van der Waals surface area contributed by atoms with Gasteiger partial charge in [0.2, 0.25) is 0 Å². The number of hydrogen-bond donors (Lipinski definition) is 1. The van der Waals surface area contributed by atoms with Gasteiger partial charge in [-0.1, -0.05) is 0 Å². The first-order chi connectivity index (χ1) is 10.3. The maximum atomic E-state index is 13.0. The number of aromatic nitrogens is 1. The molecule has 0 bridgehead atoms. The molecule has 0 spiro atoms. The highest BCUT2D eigenvalue weighted by Gasteiger charge is 2.19. The zero-order valence-corrected chi connectivity index (χ0v) is 11.9. The van der Waals surface area contributed by atoms with Gasteiger partial charge >= 0.3 is 0 Å². The fourth-order valence-corrected chi connectivity index (χ4v) is 2.73. The number of rotatable bonds is 3. The summed E-state index contributed by atoms with van der Waals surface area (Å²) >= 11 is 0. The van der Waals surface area contributed by atoms with Crippen LogP contribution in [0.3, 0.4) is 0 Å². The van der Waals surface area contributed by atoms with E-state index < -0.39 is 0 Å². The summed E-state index contributed by atoms with van der Waals surface area (Å²) in [5.41, 5.74) is 8.89. The number of hydrogen-bond acceptors (Lipinski definition) is 4. The molecule has 110 valence electrons. The monoisotopic (exact) mass is 286 g/mol. The molecule has 1 saturated heterocycles. The molecule has 3 rings (SSSR count). The molecule has 1 aliphatic heterocycles. The first-order valence-corrected chi connectivity index (χ1v) is 7.17. The molecule has 1 aromatic carbocycles. The standard InChI is InChI=1S/C16H19FN4/c17-13-3-5-14(6-4-13)20-8-10-21(11-9-20)16-2-1-7-19-15(16)12-18/h1-7H,8-12,18H2. The van der Waals surface area contributed by atoms with Gasteiger partial charge in [-0.2, -0.15) is 0 Å². The third-order valence-electron chi connectivity index (χ3n) is 3.87. The molecule has 0 unspecified atom stereocenters. The Bertz CT molecular complexity index is 591. The Hall–Kier alpha value is -2.14. The van der Waals surface area contributed by atoms with E-state index in [0.29, 0.717) is 6.54 Å². The normalized spacial score (nSPS) is 15.3. The molecular weight excluding hydrogens is 267 g/mol. The van der Waals surface area contributed by atoms with Crippen LogP contribution in [0.4, 0.5) is 15.8 Å². The summed E-state index contributed by atoms with van der Waals surface area (Å²) in [5, 5.41) is 0. The Kier molecular flexibility index (Phi) is 4.01. The number of halogens is 1. The average Bonchev–Trinajstić information content (AvgIpc) is 2.56. The van der Waals surface area contributed by atoms with Crippen LogP contribution in [-0.4, -0.2) is 31.2 Å². The molecule has 1 fully saturated rings. The van der Waals surface area contributed by atoms with Crippen molar-refractivity contribution in [3.63, 3.8) is 0 Å². The third kappa shape index (κ3) is 2.97. The molecule has 2 aromatic rings. The molecule has 0 radical (unpaired) electrons. The molecule has 0 amide bonds. The van der Waals surface area contributed by atoms with Crippen molar-refractivity contribution < 1.29 is 4.39 Å². The summed E-state index contributed by atoms with van der Waals surface area (Å²) in [7, 11) is 0. The maximum absolute atomic E-state index is 13.0. The number of pyridine rings is 1. The molecule has 2 N–H and O–H groups in total. The van der Waals surface area contributed by atoms with E-state index >= 15 is 0 Å². The van der Waals surface area contributed by atoms with Gasteiger partial charge in [-0.15, -0.1) is 0 Å². The topological polar surface area (TPSA) is 45.4 Å². The van der Waals surface area contributed by atoms with Crippen LogP contribution in [0.25, 0.3) is 0 Å². The fraction of sp³-hybridized carbons (Fsp3) is 0.312. The molecule has 5 heteroatoms. The zero-order chi connectivity index (χ0) is 14.7. The minimum atomic E-state index is -0.194. The van der Waals surface area contributed by atoms with Crippen molar-refractivity contribution in [3.05, 3.63) is 54.1 Å². The van der Waals surface area contributed by atoms with E-state index in [1.807, 2.05) is 18.2 Å². The number of benzene rings is 1. The summed E-state index contributed by atoms with van der Waals surface area (Å²) in [5.74, 6) is -0.194. The third-order valence-corrected chi connectivity index (χ3v) is 3.87. The molecule has 0 atom stereocenters. The lowest BCUT2D eigenvalue weighted by Crippen LogP contribution is -2.47. The van der Waals surface area contributed by atoms with Crippen molar-refractivity contribution in [2.45, 2.75) is 6.54 Å². The Morgan fingerprint density at radius 1 is 1.00 bits per heavy atom. The smallest absolute Gasteiger partial charge is 0.123 e. The summed E-state index contributed by atoms with van der Waals surface area (Å²) in [6.45, 7) is 4.09. The first kappa shape index (κ1) is 13.8. The molecule has 4 nitrogen and oxygen atoms in total. The van der Waals surface area contributed by atoms with E-state index in [-0.39, 0.29) is 5.82 Å². The van der Waals surface area contributed by atoms with Gasteiger partial charge in [-0.05, 0) is 36.4 Å². The van der Waals surface area contributed by atoms with E-state index in [1.54, 1.807) is 6.20 Å². The van der Waals surface area contributed by atoms with Gasteiger partial charge in [0.05, 0.1) is 11.4 Å². The second kappa shape index (κ2) is 6.10. The molecule has 21 heavy (non-hydrogen) atoms. The van der Waals surface area contributed by atoms with Crippen LogP contribution in [0, 0.1) is 5.82 Å². The van der Waals surface area contributed by atoms with Crippen molar-refractivity contribution >= 4 is 11.4 Å². The molecule has 1 aliphatic rings. The van der Waals surface area contributed by atoms with Crippen LogP contribution in [0.5, 0.6) is 0 Å². The van der Waals surface area contributed by atoms with E-state index in [2.05, 4.69) is 20.9 Å². The minimum absolute atomic E-state index is 0.194. The molecule has 0 aliphatic carbocycles. The summed E-state index contributed by atoms with van der Waals surface area (Å²) in [6.07, 6.45) is 1.78. The van der Waals surface area contributed by atoms with E-state index in [9.17, 15) is 4.39 Å². The maximum Gasteiger partial charge on any atom is 0.123 e. The Balaban J connectivity index is 1.69. The van der Waals surface area contributed by atoms with Gasteiger partial charge in [-0.3, -0.25) is 4.98 Å². The first-order valence-electron chi connectivity index (χ1n) is 7.17. The van der Waals surface area contributed by atoms with Crippen molar-refractivity contribution in [2.75, 3.05) is 36.0 Å². The van der Waals surface area contributed by atoms with Gasteiger partial charge < -0.3 is 15.5 Å². The largest absolute Gasteiger partial charge is 0.368 e. The lowest BCUT2D eigenvalue weighted by Gasteiger charge is -2.37. The SMILES string of the molecule is NCc1ncccc1N1CCN(c2ccc(F)cc2)CC1. The van der Waals surface area contributed by atoms with E-state index in [0.717, 1.165) is 43.2 Å². The highest BCUT2D eigenvalue weighted by molar-refractivity contribution is 5.54. The summed E-state index contributed by atoms with van der Waals surface area (Å²) in [6, 6.07) is 10.7. The Labute approximate surface area is 124 Å². The van der Waals surface area contributed by atoms with Gasteiger partial charge in [0.1, 0.15) is 5.82 Å². The van der Waals surface area contributed by atoms with E-state index in [1.165, 1.54) is 12.1 Å². The van der Waals surface area contributed by atoms with Crippen LogP contribution in [0.1, 0.15) is 5.69 Å². The zero-order valence-electron chi connectivity index (χ0n) is 11.9. The van der Waals surface area contributed by atoms with Crippen LogP contribution < -0.4 is 15.5 Å². The second-order valence-corrected chi connectivity index (χ2v) is 5.12. The Morgan fingerprint density at radius 2 is 1.67 bits per heavy atom. The average molecular weight is 286 g/mol. The molecular formula is C16H19FN4. The number of piperazine rings is 1. The highest BCUT2D eigenvalue weighted by atomic mass is 19.1. The molecule has 2 heterocycles. The lowest BCUT2D eigenvalue weighted by molar-refractivity contribution is 0.624. The predicted molar refractivity (Wildman–Crippen MR) is 83.0 cm³/mol. The van der Waals surface area contributed by atoms with Crippen LogP contribution in [0.15, 0.2) is 42.6 Å². The highest BCUT2D eigenvalue weighted by Crippen LogP contribution is 2.22. The number of nitrogens with zero attached hydrogens (tertiary/aromatic N) is 3. The minimum Gasteiger partial charge on any atom is -0.368 e. The molecule has 0 saturated carbocycles. The van der Waals surface area contributed by atoms with Crippen molar-refractivity contribution in [1.29, 1.82) is 0 Å². The van der Waals surface area contributed by atoms with Gasteiger partial charge in [0.15, 0.2) is 0 Å². The van der Waals surface area contributed by atoms with Crippen molar-refractivity contribution in [1.82, 2.24) is 4.98 Å². The van der Waals surface area contributed by atoms with Crippen molar-refractivity contribution in [2.24, 2.45) is 5.73 Å². The quantitative estimate of drug-likeness (QED) is 0.937. The van der Waals surface area contributed by atoms with Gasteiger partial charge in [-0.25, -0.2) is 4.39 Å². The lowest BCUT2D eigenvalue weighted by atomic mass is 10.2. The summed E-state index contributed by atoms with van der Waals surface area (Å²) < 4.78 is 13.0. The number of nitrogens with two attached hydrogens (primary N) is 1. The van der Waals surface area contributed by atoms with E-state index in [4.69, 9.17) is 5.73 Å². The molecule has 1 aromatic heterocycles. The van der Waals surface area contributed by atoms with Crippen LogP contribution in [0.2, 0.25) is 0 Å². The summed E-state index contributed by atoms with van der Waals surface area (Å²) in [4.78, 5) is 8.92. The fourth-order valence-electron chi connectivity index (χ4n) is 2.73. The second-order valence-electron chi connectivity index (χ2n) is 5.12. The number of anilines is 2. The van der Waals surface area contributed by atoms with Crippen molar-refractivity contribution in [3.8, 4) is 0 Å². The van der Waals surface area contributed by atoms with Crippen LogP contribution >= 0.6 is 0 Å².